The van der Waals surface area contributed by atoms with E-state index < -0.39 is 11.5 Å². The molecule has 0 bridgehead atoms. The lowest BCUT2D eigenvalue weighted by atomic mass is 9.98. The maximum atomic E-state index is 11.4. The number of carbonyl (C=O) groups is 1. The highest BCUT2D eigenvalue weighted by Gasteiger charge is 2.35. The number of aryl methyl sites for hydroxylation is 1. The van der Waals surface area contributed by atoms with Crippen LogP contribution in [0.5, 0.6) is 0 Å². The second kappa shape index (κ2) is 5.09. The minimum absolute atomic E-state index is 0.506. The molecule has 4 nitrogen and oxygen atoms in total. The van der Waals surface area contributed by atoms with Gasteiger partial charge in [-0.2, -0.15) is 5.26 Å². The summed E-state index contributed by atoms with van der Waals surface area (Å²) in [6.07, 6.45) is 0. The van der Waals surface area contributed by atoms with E-state index in [4.69, 9.17) is 5.26 Å². The van der Waals surface area contributed by atoms with Crippen molar-refractivity contribution in [1.82, 2.24) is 0 Å². The maximum absolute atomic E-state index is 11.4. The Hall–Kier alpha value is -2.02. The molecule has 18 heavy (non-hydrogen) atoms. The number of benzene rings is 1. The van der Waals surface area contributed by atoms with Gasteiger partial charge in [0, 0.05) is 6.54 Å². The van der Waals surface area contributed by atoms with E-state index in [2.05, 4.69) is 6.07 Å². The third-order valence-corrected chi connectivity index (χ3v) is 3.14. The van der Waals surface area contributed by atoms with Gasteiger partial charge in [-0.1, -0.05) is 12.1 Å². The lowest BCUT2D eigenvalue weighted by molar-refractivity contribution is -0.142. The van der Waals surface area contributed by atoms with Crippen LogP contribution in [0.4, 0.5) is 5.69 Å². The van der Waals surface area contributed by atoms with Crippen molar-refractivity contribution in [3.63, 3.8) is 0 Å². The standard InChI is InChI=1S/C14H18N2O2/c1-5-16(14(3,4)13(17)18)12-10(2)7-6-8-11(12)9-15/h6-8H,5H2,1-4H3,(H,17,18). The first kappa shape index (κ1) is 14.0. The summed E-state index contributed by atoms with van der Waals surface area (Å²) in [5.74, 6) is -0.906. The molecule has 1 aromatic rings. The Labute approximate surface area is 107 Å². The molecule has 0 aromatic heterocycles. The van der Waals surface area contributed by atoms with Crippen molar-refractivity contribution in [3.05, 3.63) is 29.3 Å². The predicted octanol–water partition coefficient (Wildman–Crippen LogP) is 2.56. The van der Waals surface area contributed by atoms with E-state index in [-0.39, 0.29) is 0 Å². The van der Waals surface area contributed by atoms with Crippen LogP contribution in [0.15, 0.2) is 18.2 Å². The normalized spacial score (nSPS) is 10.8. The molecule has 0 fully saturated rings. The van der Waals surface area contributed by atoms with Crippen LogP contribution in [-0.4, -0.2) is 23.2 Å². The van der Waals surface area contributed by atoms with Crippen molar-refractivity contribution in [3.8, 4) is 6.07 Å². The number of rotatable bonds is 4. The molecule has 1 N–H and O–H groups in total. The summed E-state index contributed by atoms with van der Waals surface area (Å²) in [7, 11) is 0. The van der Waals surface area contributed by atoms with Crippen molar-refractivity contribution < 1.29 is 9.90 Å². The zero-order valence-corrected chi connectivity index (χ0v) is 11.2. The van der Waals surface area contributed by atoms with E-state index in [1.165, 1.54) is 0 Å². The number of carboxylic acid groups (broad SMARTS) is 1. The quantitative estimate of drug-likeness (QED) is 0.886. The Bertz CT molecular complexity index is 501. The third kappa shape index (κ3) is 2.30. The highest BCUT2D eigenvalue weighted by Crippen LogP contribution is 2.30. The number of para-hydroxylation sites is 1. The van der Waals surface area contributed by atoms with Gasteiger partial charge in [0.15, 0.2) is 0 Å². The number of anilines is 1. The van der Waals surface area contributed by atoms with Gasteiger partial charge in [0.2, 0.25) is 0 Å². The van der Waals surface area contributed by atoms with Crippen LogP contribution in [-0.2, 0) is 4.79 Å². The van der Waals surface area contributed by atoms with Crippen molar-refractivity contribution >= 4 is 11.7 Å². The van der Waals surface area contributed by atoms with Crippen LogP contribution in [0, 0.1) is 18.3 Å². The molecule has 1 aromatic carbocycles. The molecule has 0 saturated heterocycles. The van der Waals surface area contributed by atoms with Crippen molar-refractivity contribution in [2.45, 2.75) is 33.2 Å². The number of aliphatic carboxylic acids is 1. The smallest absolute Gasteiger partial charge is 0.328 e. The average molecular weight is 246 g/mol. The Morgan fingerprint density at radius 2 is 2.11 bits per heavy atom. The first-order valence-electron chi connectivity index (χ1n) is 5.87. The van der Waals surface area contributed by atoms with E-state index in [0.717, 1.165) is 5.56 Å². The fraction of sp³-hybridized carbons (Fsp3) is 0.429. The Balaban J connectivity index is 3.44. The number of hydrogen-bond acceptors (Lipinski definition) is 3. The van der Waals surface area contributed by atoms with E-state index in [9.17, 15) is 9.90 Å². The van der Waals surface area contributed by atoms with Gasteiger partial charge in [-0.25, -0.2) is 4.79 Å². The molecular formula is C14H18N2O2. The second-order valence-corrected chi connectivity index (χ2v) is 4.69. The molecule has 0 amide bonds. The Morgan fingerprint density at radius 3 is 2.56 bits per heavy atom. The average Bonchev–Trinajstić information content (AvgIpc) is 2.31. The van der Waals surface area contributed by atoms with Gasteiger partial charge in [-0.15, -0.1) is 0 Å². The minimum atomic E-state index is -1.05. The molecule has 0 unspecified atom stereocenters. The molecular weight excluding hydrogens is 228 g/mol. The van der Waals surface area contributed by atoms with Crippen molar-refractivity contribution in [2.75, 3.05) is 11.4 Å². The highest BCUT2D eigenvalue weighted by molar-refractivity contribution is 5.84. The molecule has 0 atom stereocenters. The molecule has 0 aliphatic rings. The van der Waals surface area contributed by atoms with Crippen LogP contribution >= 0.6 is 0 Å². The monoisotopic (exact) mass is 246 g/mol. The first-order chi connectivity index (χ1) is 8.36. The molecule has 4 heteroatoms. The predicted molar refractivity (Wildman–Crippen MR) is 70.6 cm³/mol. The Kier molecular flexibility index (Phi) is 3.97. The van der Waals surface area contributed by atoms with E-state index >= 15 is 0 Å². The lowest BCUT2D eigenvalue weighted by Crippen LogP contribution is -2.50. The minimum Gasteiger partial charge on any atom is -0.480 e. The number of nitrogens with zero attached hydrogens (tertiary/aromatic N) is 2. The number of carboxylic acids is 1. The molecule has 96 valence electrons. The van der Waals surface area contributed by atoms with Gasteiger partial charge in [0.1, 0.15) is 11.6 Å². The van der Waals surface area contributed by atoms with Gasteiger partial charge in [0.05, 0.1) is 11.3 Å². The van der Waals surface area contributed by atoms with E-state index in [1.54, 1.807) is 30.9 Å². The van der Waals surface area contributed by atoms with Crippen LogP contribution in [0.2, 0.25) is 0 Å². The first-order valence-corrected chi connectivity index (χ1v) is 5.87. The SMILES string of the molecule is CCN(c1c(C)cccc1C#N)C(C)(C)C(=O)O. The van der Waals surface area contributed by atoms with Gasteiger partial charge in [0.25, 0.3) is 0 Å². The van der Waals surface area contributed by atoms with Crippen molar-refractivity contribution in [1.29, 1.82) is 5.26 Å². The number of likely N-dealkylation sites (N-methyl/N-ethyl adjacent to an activating group) is 1. The maximum Gasteiger partial charge on any atom is 0.328 e. The molecule has 0 spiro atoms. The Morgan fingerprint density at radius 1 is 1.50 bits per heavy atom. The zero-order chi connectivity index (χ0) is 13.9. The third-order valence-electron chi connectivity index (χ3n) is 3.14. The molecule has 0 heterocycles. The van der Waals surface area contributed by atoms with Crippen molar-refractivity contribution in [2.24, 2.45) is 0 Å². The van der Waals surface area contributed by atoms with Crippen LogP contribution in [0.25, 0.3) is 0 Å². The summed E-state index contributed by atoms with van der Waals surface area (Å²) in [6, 6.07) is 7.53. The number of nitriles is 1. The van der Waals surface area contributed by atoms with Gasteiger partial charge < -0.3 is 10.0 Å². The fourth-order valence-electron chi connectivity index (χ4n) is 2.06. The van der Waals surface area contributed by atoms with Crippen LogP contribution < -0.4 is 4.90 Å². The number of hydrogen-bond donors (Lipinski definition) is 1. The molecule has 0 aliphatic heterocycles. The van der Waals surface area contributed by atoms with Gasteiger partial charge in [-0.3, -0.25) is 0 Å². The summed E-state index contributed by atoms with van der Waals surface area (Å²) in [6.45, 7) is 7.59. The highest BCUT2D eigenvalue weighted by atomic mass is 16.4. The summed E-state index contributed by atoms with van der Waals surface area (Å²) < 4.78 is 0. The topological polar surface area (TPSA) is 64.3 Å². The second-order valence-electron chi connectivity index (χ2n) is 4.69. The lowest BCUT2D eigenvalue weighted by Gasteiger charge is -2.37. The van der Waals surface area contributed by atoms with E-state index in [1.807, 2.05) is 19.9 Å². The van der Waals surface area contributed by atoms with Gasteiger partial charge in [-0.05, 0) is 39.3 Å². The largest absolute Gasteiger partial charge is 0.480 e. The van der Waals surface area contributed by atoms with E-state index in [0.29, 0.717) is 17.8 Å². The molecule has 0 radical (unpaired) electrons. The summed E-state index contributed by atoms with van der Waals surface area (Å²) in [4.78, 5) is 13.1. The summed E-state index contributed by atoms with van der Waals surface area (Å²) >= 11 is 0. The van der Waals surface area contributed by atoms with Crippen LogP contribution in [0.1, 0.15) is 31.9 Å². The molecule has 1 rings (SSSR count). The molecule has 0 saturated carbocycles. The fourth-order valence-corrected chi connectivity index (χ4v) is 2.06. The summed E-state index contributed by atoms with van der Waals surface area (Å²) in [5.41, 5.74) is 1.07. The zero-order valence-electron chi connectivity index (χ0n) is 11.2. The van der Waals surface area contributed by atoms with Crippen LogP contribution in [0.3, 0.4) is 0 Å². The van der Waals surface area contributed by atoms with Gasteiger partial charge >= 0.3 is 5.97 Å². The molecule has 0 aliphatic carbocycles. The summed E-state index contributed by atoms with van der Waals surface area (Å²) in [5, 5.41) is 18.5.